The Balaban J connectivity index is 3.36. The molecule has 0 spiro atoms. The molecule has 0 aromatic carbocycles. The van der Waals surface area contributed by atoms with Crippen LogP contribution in [0.3, 0.4) is 0 Å². The minimum absolute atomic E-state index is 0.0618. The van der Waals surface area contributed by atoms with Crippen LogP contribution in [0.25, 0.3) is 0 Å². The topological polar surface area (TPSA) is 72.2 Å². The molecule has 4 nitrogen and oxygen atoms in total. The Bertz CT molecular complexity index is 380. The van der Waals surface area contributed by atoms with Gasteiger partial charge in [-0.2, -0.15) is 0 Å². The van der Waals surface area contributed by atoms with Crippen molar-refractivity contribution in [1.29, 1.82) is 0 Å². The summed E-state index contributed by atoms with van der Waals surface area (Å²) in [6.07, 6.45) is 21.3. The molecule has 3 N–H and O–H groups in total. The van der Waals surface area contributed by atoms with Gasteiger partial charge in [0.25, 0.3) is 0 Å². The van der Waals surface area contributed by atoms with Gasteiger partial charge in [-0.25, -0.2) is 0 Å². The van der Waals surface area contributed by atoms with Crippen LogP contribution in [0.1, 0.15) is 104 Å². The average molecular weight is 367 g/mol. The predicted octanol–water partition coefficient (Wildman–Crippen LogP) is 5.06. The fraction of sp³-hybridized carbons (Fsp3) is 0.818. The highest BCUT2D eigenvalue weighted by Crippen LogP contribution is 2.10. The van der Waals surface area contributed by atoms with E-state index in [-0.39, 0.29) is 18.2 Å². The smallest absolute Gasteiger partial charge is 0.220 e. The van der Waals surface area contributed by atoms with E-state index in [0.717, 1.165) is 12.8 Å². The summed E-state index contributed by atoms with van der Waals surface area (Å²) in [6, 6.07) is -0.523. The molecule has 0 bridgehead atoms. The van der Waals surface area contributed by atoms with E-state index in [1.165, 1.54) is 77.6 Å². The van der Waals surface area contributed by atoms with E-state index in [4.69, 9.17) is 5.73 Å². The maximum Gasteiger partial charge on any atom is 0.220 e. The van der Waals surface area contributed by atoms with Gasteiger partial charge in [0.1, 0.15) is 0 Å². The third kappa shape index (κ3) is 16.3. The van der Waals surface area contributed by atoms with Crippen molar-refractivity contribution < 1.29 is 9.59 Å². The fourth-order valence-electron chi connectivity index (χ4n) is 2.95. The molecule has 1 atom stereocenters. The number of hydrogen-bond donors (Lipinski definition) is 2. The molecule has 0 rings (SSSR count). The molecule has 4 heteroatoms. The Morgan fingerprint density at radius 1 is 0.846 bits per heavy atom. The lowest BCUT2D eigenvalue weighted by Crippen LogP contribution is -2.44. The molecule has 0 saturated heterocycles. The molecule has 0 aliphatic heterocycles. The first kappa shape index (κ1) is 24.8. The monoisotopic (exact) mass is 366 g/mol. The highest BCUT2D eigenvalue weighted by atomic mass is 16.2. The van der Waals surface area contributed by atoms with Crippen LogP contribution in [0.4, 0.5) is 0 Å². The summed E-state index contributed by atoms with van der Waals surface area (Å²) in [5.41, 5.74) is 5.47. The standard InChI is InChI=1S/C22H42N2O2/c1-3-4-5-6-7-8-9-10-11-12-13-14-15-16-17-18-22(26)24-21(19-23)20(2)25/h10-11,21H,3-9,12-19,23H2,1-2H3,(H,24,26)/b11-10-/t21-/m0/s1. The van der Waals surface area contributed by atoms with E-state index in [0.29, 0.717) is 6.42 Å². The number of ketones is 1. The van der Waals surface area contributed by atoms with Gasteiger partial charge in [0, 0.05) is 13.0 Å². The number of hydrogen-bond acceptors (Lipinski definition) is 3. The quantitative estimate of drug-likeness (QED) is 0.263. The predicted molar refractivity (Wildman–Crippen MR) is 111 cm³/mol. The van der Waals surface area contributed by atoms with E-state index in [1.54, 1.807) is 0 Å². The van der Waals surface area contributed by atoms with Crippen molar-refractivity contribution in [2.45, 2.75) is 110 Å². The zero-order valence-corrected chi connectivity index (χ0v) is 17.2. The summed E-state index contributed by atoms with van der Waals surface area (Å²) >= 11 is 0. The number of unbranched alkanes of at least 4 members (excludes halogenated alkanes) is 11. The first-order valence-corrected chi connectivity index (χ1v) is 10.8. The van der Waals surface area contributed by atoms with Gasteiger partial charge in [0.2, 0.25) is 5.91 Å². The molecule has 26 heavy (non-hydrogen) atoms. The summed E-state index contributed by atoms with van der Waals surface area (Å²) < 4.78 is 0. The number of carbonyl (C=O) groups is 2. The van der Waals surface area contributed by atoms with Crippen LogP contribution in [0.2, 0.25) is 0 Å². The van der Waals surface area contributed by atoms with Crippen LogP contribution in [-0.4, -0.2) is 24.3 Å². The van der Waals surface area contributed by atoms with Crippen molar-refractivity contribution >= 4 is 11.7 Å². The van der Waals surface area contributed by atoms with Gasteiger partial charge in [0.15, 0.2) is 5.78 Å². The lowest BCUT2D eigenvalue weighted by molar-refractivity contribution is -0.126. The first-order chi connectivity index (χ1) is 12.6. The third-order valence-electron chi connectivity index (χ3n) is 4.73. The largest absolute Gasteiger partial charge is 0.345 e. The molecule has 0 heterocycles. The first-order valence-electron chi connectivity index (χ1n) is 10.8. The summed E-state index contributed by atoms with van der Waals surface area (Å²) in [5, 5.41) is 2.69. The lowest BCUT2D eigenvalue weighted by atomic mass is 10.1. The normalized spacial score (nSPS) is 12.4. The summed E-state index contributed by atoms with van der Waals surface area (Å²) in [4.78, 5) is 22.9. The molecule has 0 fully saturated rings. The molecule has 0 aliphatic carbocycles. The van der Waals surface area contributed by atoms with Crippen LogP contribution in [0.15, 0.2) is 12.2 Å². The van der Waals surface area contributed by atoms with Gasteiger partial charge < -0.3 is 11.1 Å². The van der Waals surface area contributed by atoms with Gasteiger partial charge in [-0.1, -0.05) is 70.4 Å². The lowest BCUT2D eigenvalue weighted by Gasteiger charge is -2.13. The molecule has 0 aliphatic rings. The Kier molecular flexibility index (Phi) is 17.8. The van der Waals surface area contributed by atoms with Crippen LogP contribution >= 0.6 is 0 Å². The summed E-state index contributed by atoms with van der Waals surface area (Å²) in [5.74, 6) is -0.140. The van der Waals surface area contributed by atoms with E-state index in [2.05, 4.69) is 24.4 Å². The van der Waals surface area contributed by atoms with Crippen LogP contribution < -0.4 is 11.1 Å². The number of carbonyl (C=O) groups excluding carboxylic acids is 2. The van der Waals surface area contributed by atoms with Crippen molar-refractivity contribution in [3.63, 3.8) is 0 Å². The maximum atomic E-state index is 11.7. The fourth-order valence-corrected chi connectivity index (χ4v) is 2.95. The van der Waals surface area contributed by atoms with Crippen molar-refractivity contribution in [3.05, 3.63) is 12.2 Å². The Labute approximate surface area is 161 Å². The minimum Gasteiger partial charge on any atom is -0.345 e. The van der Waals surface area contributed by atoms with E-state index >= 15 is 0 Å². The number of nitrogens with one attached hydrogen (secondary N) is 1. The van der Waals surface area contributed by atoms with E-state index in [9.17, 15) is 9.59 Å². The minimum atomic E-state index is -0.523. The van der Waals surface area contributed by atoms with Gasteiger partial charge >= 0.3 is 0 Å². The Hall–Kier alpha value is -1.16. The third-order valence-corrected chi connectivity index (χ3v) is 4.73. The highest BCUT2D eigenvalue weighted by Gasteiger charge is 2.14. The van der Waals surface area contributed by atoms with Crippen molar-refractivity contribution in [1.82, 2.24) is 5.32 Å². The molecule has 152 valence electrons. The molecule has 0 aromatic heterocycles. The molecule has 0 saturated carbocycles. The zero-order chi connectivity index (χ0) is 19.5. The zero-order valence-electron chi connectivity index (χ0n) is 17.2. The SMILES string of the molecule is CCCCCCCC/C=C\CCCCCCCC(=O)N[C@@H](CN)C(C)=O. The summed E-state index contributed by atoms with van der Waals surface area (Å²) in [7, 11) is 0. The van der Waals surface area contributed by atoms with Gasteiger partial charge in [0.05, 0.1) is 6.04 Å². The van der Waals surface area contributed by atoms with Crippen molar-refractivity contribution in [3.8, 4) is 0 Å². The number of amides is 1. The highest BCUT2D eigenvalue weighted by molar-refractivity contribution is 5.87. The Morgan fingerprint density at radius 2 is 1.35 bits per heavy atom. The number of Topliss-reactive ketones (excluding diaryl/α,β-unsaturated/α-hetero) is 1. The second-order valence-electron chi connectivity index (χ2n) is 7.30. The number of rotatable bonds is 18. The van der Waals surface area contributed by atoms with E-state index < -0.39 is 6.04 Å². The molecule has 0 unspecified atom stereocenters. The van der Waals surface area contributed by atoms with Crippen LogP contribution in [-0.2, 0) is 9.59 Å². The number of allylic oxidation sites excluding steroid dienone is 2. The molecule has 0 radical (unpaired) electrons. The maximum absolute atomic E-state index is 11.7. The second kappa shape index (κ2) is 18.6. The van der Waals surface area contributed by atoms with Crippen molar-refractivity contribution in [2.24, 2.45) is 5.73 Å². The van der Waals surface area contributed by atoms with Crippen LogP contribution in [0.5, 0.6) is 0 Å². The second-order valence-corrected chi connectivity index (χ2v) is 7.30. The molecular weight excluding hydrogens is 324 g/mol. The average Bonchev–Trinajstić information content (AvgIpc) is 2.62. The van der Waals surface area contributed by atoms with Gasteiger partial charge in [-0.05, 0) is 39.0 Å². The molecular formula is C22H42N2O2. The van der Waals surface area contributed by atoms with Crippen molar-refractivity contribution in [2.75, 3.05) is 6.54 Å². The molecule has 0 aromatic rings. The van der Waals surface area contributed by atoms with Crippen LogP contribution in [0, 0.1) is 0 Å². The van der Waals surface area contributed by atoms with Gasteiger partial charge in [-0.3, -0.25) is 9.59 Å². The van der Waals surface area contributed by atoms with Gasteiger partial charge in [-0.15, -0.1) is 0 Å². The molecule has 1 amide bonds. The summed E-state index contributed by atoms with van der Waals surface area (Å²) in [6.45, 7) is 3.89. The van der Waals surface area contributed by atoms with E-state index in [1.807, 2.05) is 0 Å². The Morgan fingerprint density at radius 3 is 1.85 bits per heavy atom. The number of nitrogens with two attached hydrogens (primary N) is 1.